The Bertz CT molecular complexity index is 859. The van der Waals surface area contributed by atoms with Crippen molar-refractivity contribution < 1.29 is 4.92 Å². The zero-order valence-electron chi connectivity index (χ0n) is 12.8. The molecule has 24 heavy (non-hydrogen) atoms. The van der Waals surface area contributed by atoms with Gasteiger partial charge in [-0.15, -0.1) is 0 Å². The number of nitro benzene ring substituents is 1. The Morgan fingerprint density at radius 1 is 0.875 bits per heavy atom. The molecular weight excluding hydrogens is 302 g/mol. The molecule has 0 atom stereocenters. The molecule has 0 amide bonds. The molecule has 3 aromatic rings. The van der Waals surface area contributed by atoms with Crippen LogP contribution in [0.5, 0.6) is 0 Å². The van der Waals surface area contributed by atoms with Crippen LogP contribution in [0.4, 0.5) is 11.4 Å². The third-order valence-corrected chi connectivity index (χ3v) is 3.48. The largest absolute Gasteiger partial charge is 0.278 e. The first-order valence-electron chi connectivity index (χ1n) is 7.41. The van der Waals surface area contributed by atoms with Gasteiger partial charge in [0.25, 0.3) is 5.69 Å². The summed E-state index contributed by atoms with van der Waals surface area (Å²) in [5, 5.41) is 14.9. The molecule has 0 fully saturated rings. The normalized spacial score (nSPS) is 10.7. The average Bonchev–Trinajstić information content (AvgIpc) is 2.63. The van der Waals surface area contributed by atoms with Gasteiger partial charge in [0.2, 0.25) is 0 Å². The Morgan fingerprint density at radius 3 is 2.29 bits per heavy atom. The van der Waals surface area contributed by atoms with E-state index in [1.54, 1.807) is 18.3 Å². The Labute approximate surface area is 139 Å². The second-order valence-electron chi connectivity index (χ2n) is 5.17. The summed E-state index contributed by atoms with van der Waals surface area (Å²) in [6, 6.07) is 24.4. The predicted molar refractivity (Wildman–Crippen MR) is 96.2 cm³/mol. The van der Waals surface area contributed by atoms with Gasteiger partial charge in [-0.05, 0) is 22.8 Å². The van der Waals surface area contributed by atoms with Crippen LogP contribution in [0.2, 0.25) is 0 Å². The molecular formula is C19H15N3O2. The van der Waals surface area contributed by atoms with Gasteiger partial charge in [-0.3, -0.25) is 15.5 Å². The van der Waals surface area contributed by atoms with Gasteiger partial charge in [0.1, 0.15) is 0 Å². The fourth-order valence-corrected chi connectivity index (χ4v) is 2.26. The van der Waals surface area contributed by atoms with Crippen molar-refractivity contribution in [3.8, 4) is 11.1 Å². The van der Waals surface area contributed by atoms with E-state index >= 15 is 0 Å². The molecule has 3 aromatic carbocycles. The Morgan fingerprint density at radius 2 is 1.58 bits per heavy atom. The summed E-state index contributed by atoms with van der Waals surface area (Å²) in [5.74, 6) is 0. The highest BCUT2D eigenvalue weighted by atomic mass is 16.6. The van der Waals surface area contributed by atoms with E-state index in [0.717, 1.165) is 16.7 Å². The first kappa shape index (κ1) is 15.4. The van der Waals surface area contributed by atoms with Crippen LogP contribution in [-0.2, 0) is 0 Å². The number of benzene rings is 3. The number of non-ortho nitro benzene ring substituents is 1. The maximum Gasteiger partial charge on any atom is 0.271 e. The van der Waals surface area contributed by atoms with Crippen LogP contribution < -0.4 is 5.43 Å². The van der Waals surface area contributed by atoms with Gasteiger partial charge >= 0.3 is 0 Å². The van der Waals surface area contributed by atoms with Gasteiger partial charge < -0.3 is 0 Å². The second kappa shape index (κ2) is 7.19. The van der Waals surface area contributed by atoms with Crippen LogP contribution in [0.3, 0.4) is 0 Å². The number of nitro groups is 1. The lowest BCUT2D eigenvalue weighted by Gasteiger charge is -2.02. The molecule has 118 valence electrons. The summed E-state index contributed by atoms with van der Waals surface area (Å²) in [4.78, 5) is 10.3. The van der Waals surface area contributed by atoms with Crippen molar-refractivity contribution in [1.82, 2.24) is 0 Å². The maximum absolute atomic E-state index is 10.7. The quantitative estimate of drug-likeness (QED) is 0.421. The molecule has 0 aliphatic heterocycles. The fourth-order valence-electron chi connectivity index (χ4n) is 2.26. The molecule has 0 spiro atoms. The highest BCUT2D eigenvalue weighted by Crippen LogP contribution is 2.19. The Balaban J connectivity index is 1.67. The monoisotopic (exact) mass is 317 g/mol. The van der Waals surface area contributed by atoms with Crippen LogP contribution in [0.1, 0.15) is 5.56 Å². The Kier molecular flexibility index (Phi) is 4.62. The summed E-state index contributed by atoms with van der Waals surface area (Å²) in [6.07, 6.45) is 1.67. The van der Waals surface area contributed by atoms with Crippen LogP contribution in [-0.4, -0.2) is 11.1 Å². The smallest absolute Gasteiger partial charge is 0.271 e. The predicted octanol–water partition coefficient (Wildman–Crippen LogP) is 4.71. The van der Waals surface area contributed by atoms with E-state index in [2.05, 4.69) is 22.7 Å². The standard InChI is InChI=1S/C19H15N3O2/c23-22(24)19-8-4-7-18(13-19)21-20-14-15-9-11-17(12-10-15)16-5-2-1-3-6-16/h1-14,21H. The molecule has 5 nitrogen and oxygen atoms in total. The maximum atomic E-state index is 10.7. The summed E-state index contributed by atoms with van der Waals surface area (Å²) >= 11 is 0. The van der Waals surface area contributed by atoms with Gasteiger partial charge in [-0.2, -0.15) is 5.10 Å². The van der Waals surface area contributed by atoms with Crippen molar-refractivity contribution >= 4 is 17.6 Å². The van der Waals surface area contributed by atoms with Crippen LogP contribution >= 0.6 is 0 Å². The molecule has 0 aromatic heterocycles. The number of hydrogen-bond donors (Lipinski definition) is 1. The van der Waals surface area contributed by atoms with Gasteiger partial charge in [0.15, 0.2) is 0 Å². The minimum absolute atomic E-state index is 0.0300. The average molecular weight is 317 g/mol. The molecule has 0 radical (unpaired) electrons. The number of rotatable bonds is 5. The first-order valence-corrected chi connectivity index (χ1v) is 7.41. The van der Waals surface area contributed by atoms with Gasteiger partial charge in [-0.1, -0.05) is 60.7 Å². The van der Waals surface area contributed by atoms with Crippen molar-refractivity contribution in [2.45, 2.75) is 0 Å². The molecule has 0 aliphatic carbocycles. The van der Waals surface area contributed by atoms with Crippen molar-refractivity contribution in [2.75, 3.05) is 5.43 Å². The molecule has 0 heterocycles. The van der Waals surface area contributed by atoms with E-state index in [1.165, 1.54) is 12.1 Å². The molecule has 0 saturated carbocycles. The summed E-state index contributed by atoms with van der Waals surface area (Å²) in [6.45, 7) is 0. The van der Waals surface area contributed by atoms with E-state index in [9.17, 15) is 10.1 Å². The highest BCUT2D eigenvalue weighted by molar-refractivity contribution is 5.81. The highest BCUT2D eigenvalue weighted by Gasteiger charge is 2.04. The Hall–Kier alpha value is -3.47. The fraction of sp³-hybridized carbons (Fsp3) is 0. The lowest BCUT2D eigenvalue weighted by molar-refractivity contribution is -0.384. The van der Waals surface area contributed by atoms with E-state index in [0.29, 0.717) is 5.69 Å². The van der Waals surface area contributed by atoms with Crippen molar-refractivity contribution in [2.24, 2.45) is 5.10 Å². The minimum Gasteiger partial charge on any atom is -0.278 e. The molecule has 0 saturated heterocycles. The molecule has 3 rings (SSSR count). The third kappa shape index (κ3) is 3.84. The summed E-state index contributed by atoms with van der Waals surface area (Å²) in [5.41, 5.74) is 6.64. The summed E-state index contributed by atoms with van der Waals surface area (Å²) < 4.78 is 0. The van der Waals surface area contributed by atoms with E-state index < -0.39 is 4.92 Å². The van der Waals surface area contributed by atoms with Crippen LogP contribution in [0.25, 0.3) is 11.1 Å². The second-order valence-corrected chi connectivity index (χ2v) is 5.17. The lowest BCUT2D eigenvalue weighted by atomic mass is 10.0. The van der Waals surface area contributed by atoms with Crippen molar-refractivity contribution in [1.29, 1.82) is 0 Å². The summed E-state index contributed by atoms with van der Waals surface area (Å²) in [7, 11) is 0. The zero-order chi connectivity index (χ0) is 16.8. The van der Waals surface area contributed by atoms with Crippen LogP contribution in [0.15, 0.2) is 84.0 Å². The first-order chi connectivity index (χ1) is 11.7. The van der Waals surface area contributed by atoms with Gasteiger partial charge in [0, 0.05) is 12.1 Å². The number of hydrazone groups is 1. The topological polar surface area (TPSA) is 67.5 Å². The molecule has 0 bridgehead atoms. The van der Waals surface area contributed by atoms with Crippen LogP contribution in [0, 0.1) is 10.1 Å². The lowest BCUT2D eigenvalue weighted by Crippen LogP contribution is -1.93. The van der Waals surface area contributed by atoms with E-state index in [4.69, 9.17) is 0 Å². The number of nitrogens with one attached hydrogen (secondary N) is 1. The van der Waals surface area contributed by atoms with E-state index in [-0.39, 0.29) is 5.69 Å². The number of nitrogens with zero attached hydrogens (tertiary/aromatic N) is 2. The van der Waals surface area contributed by atoms with Gasteiger partial charge in [-0.25, -0.2) is 0 Å². The van der Waals surface area contributed by atoms with Gasteiger partial charge in [0.05, 0.1) is 16.8 Å². The number of anilines is 1. The SMILES string of the molecule is O=[N+]([O-])c1cccc(NN=Cc2ccc(-c3ccccc3)cc2)c1. The molecule has 0 unspecified atom stereocenters. The minimum atomic E-state index is -0.433. The van der Waals surface area contributed by atoms with Crippen molar-refractivity contribution in [3.05, 3.63) is 94.5 Å². The number of hydrogen-bond acceptors (Lipinski definition) is 4. The van der Waals surface area contributed by atoms with Crippen molar-refractivity contribution in [3.63, 3.8) is 0 Å². The molecule has 5 heteroatoms. The molecule has 0 aliphatic rings. The third-order valence-electron chi connectivity index (χ3n) is 3.48. The zero-order valence-corrected chi connectivity index (χ0v) is 12.8. The molecule has 1 N–H and O–H groups in total. The van der Waals surface area contributed by atoms with E-state index in [1.807, 2.05) is 42.5 Å².